The van der Waals surface area contributed by atoms with Gasteiger partial charge in [-0.3, -0.25) is 4.79 Å². The molecule has 1 amide bonds. The summed E-state index contributed by atoms with van der Waals surface area (Å²) in [5.74, 6) is -0.716. The highest BCUT2D eigenvalue weighted by atomic mass is 35.5. The Hall–Kier alpha value is -3.04. The topological polar surface area (TPSA) is 88.4 Å². The number of carbonyl (C=O) groups is 2. The van der Waals surface area contributed by atoms with Crippen LogP contribution in [0.5, 0.6) is 5.75 Å². The number of rotatable bonds is 6. The Morgan fingerprint density at radius 1 is 1.16 bits per heavy atom. The molecule has 0 bridgehead atoms. The second kappa shape index (κ2) is 8.71. The summed E-state index contributed by atoms with van der Waals surface area (Å²) in [6, 6.07) is 14.8. The van der Waals surface area contributed by atoms with Gasteiger partial charge in [-0.1, -0.05) is 11.6 Å². The molecule has 0 radical (unpaired) electrons. The lowest BCUT2D eigenvalue weighted by atomic mass is 10.2. The van der Waals surface area contributed by atoms with Crippen LogP contribution in [0.25, 0.3) is 0 Å². The van der Waals surface area contributed by atoms with Crippen molar-refractivity contribution in [3.8, 4) is 11.8 Å². The molecule has 0 aliphatic heterocycles. The quantitative estimate of drug-likeness (QED) is 0.801. The van der Waals surface area contributed by atoms with Crippen molar-refractivity contribution in [1.82, 2.24) is 0 Å². The summed E-state index contributed by atoms with van der Waals surface area (Å²) in [6.45, 7) is 1.12. The van der Waals surface area contributed by atoms with Gasteiger partial charge >= 0.3 is 5.97 Å². The Bertz CT molecular complexity index is 782. The number of amides is 1. The molecule has 0 heterocycles. The second-order valence-corrected chi connectivity index (χ2v) is 5.49. The highest BCUT2D eigenvalue weighted by Gasteiger charge is 2.18. The van der Waals surface area contributed by atoms with Crippen molar-refractivity contribution >= 4 is 29.2 Å². The van der Waals surface area contributed by atoms with E-state index in [2.05, 4.69) is 5.32 Å². The first-order chi connectivity index (χ1) is 12.0. The Morgan fingerprint density at radius 3 is 2.40 bits per heavy atom. The van der Waals surface area contributed by atoms with E-state index in [1.165, 1.54) is 6.92 Å². The number of hydrogen-bond donors (Lipinski definition) is 1. The van der Waals surface area contributed by atoms with Crippen molar-refractivity contribution in [3.05, 3.63) is 59.1 Å². The number of nitrogens with zero attached hydrogens (tertiary/aromatic N) is 1. The molecule has 2 aromatic rings. The predicted molar refractivity (Wildman–Crippen MR) is 92.3 cm³/mol. The molecule has 0 aromatic heterocycles. The molecule has 0 aliphatic rings. The monoisotopic (exact) mass is 358 g/mol. The lowest BCUT2D eigenvalue weighted by Crippen LogP contribution is -2.31. The van der Waals surface area contributed by atoms with E-state index in [1.54, 1.807) is 48.5 Å². The minimum absolute atomic E-state index is 0.343. The summed E-state index contributed by atoms with van der Waals surface area (Å²) in [4.78, 5) is 23.7. The number of halogens is 1. The highest BCUT2D eigenvalue weighted by Crippen LogP contribution is 2.14. The predicted octanol–water partition coefficient (Wildman–Crippen LogP) is 3.16. The van der Waals surface area contributed by atoms with Crippen molar-refractivity contribution in [1.29, 1.82) is 5.26 Å². The van der Waals surface area contributed by atoms with E-state index < -0.39 is 18.0 Å². The van der Waals surface area contributed by atoms with Gasteiger partial charge < -0.3 is 14.8 Å². The van der Waals surface area contributed by atoms with Crippen LogP contribution in [-0.2, 0) is 14.3 Å². The Morgan fingerprint density at radius 2 is 1.80 bits per heavy atom. The minimum atomic E-state index is -0.979. The number of carbonyl (C=O) groups excluding carboxylic acids is 2. The lowest BCUT2D eigenvalue weighted by molar-refractivity contribution is -0.155. The summed E-state index contributed by atoms with van der Waals surface area (Å²) in [7, 11) is 0. The normalized spacial score (nSPS) is 11.1. The summed E-state index contributed by atoms with van der Waals surface area (Å²) in [5.41, 5.74) is 1.04. The Kier molecular flexibility index (Phi) is 6.38. The average Bonchev–Trinajstić information content (AvgIpc) is 2.62. The third-order valence-electron chi connectivity index (χ3n) is 3.13. The number of anilines is 1. The first-order valence-electron chi connectivity index (χ1n) is 7.37. The third kappa shape index (κ3) is 5.83. The maximum atomic E-state index is 12.0. The molecule has 0 spiro atoms. The van der Waals surface area contributed by atoms with Crippen LogP contribution >= 0.6 is 11.6 Å². The van der Waals surface area contributed by atoms with E-state index in [0.29, 0.717) is 22.0 Å². The van der Waals surface area contributed by atoms with E-state index in [0.717, 1.165) is 0 Å². The van der Waals surface area contributed by atoms with Crippen LogP contribution < -0.4 is 10.1 Å². The molecule has 128 valence electrons. The maximum Gasteiger partial charge on any atom is 0.344 e. The Labute approximate surface area is 149 Å². The van der Waals surface area contributed by atoms with Gasteiger partial charge in [0.2, 0.25) is 0 Å². The summed E-state index contributed by atoms with van der Waals surface area (Å²) >= 11 is 5.77. The van der Waals surface area contributed by atoms with E-state index in [1.807, 2.05) is 6.07 Å². The van der Waals surface area contributed by atoms with Gasteiger partial charge in [0.05, 0.1) is 11.6 Å². The molecule has 1 atom stereocenters. The smallest absolute Gasteiger partial charge is 0.344 e. The molecule has 0 saturated heterocycles. The van der Waals surface area contributed by atoms with Crippen molar-refractivity contribution in [3.63, 3.8) is 0 Å². The molecule has 6 nitrogen and oxygen atoms in total. The van der Waals surface area contributed by atoms with Crippen LogP contribution in [0, 0.1) is 11.3 Å². The van der Waals surface area contributed by atoms with Gasteiger partial charge in [-0.05, 0) is 55.5 Å². The molecular formula is C18H15ClN2O4. The number of hydrogen-bond acceptors (Lipinski definition) is 5. The Balaban J connectivity index is 1.79. The van der Waals surface area contributed by atoms with Gasteiger partial charge in [0.25, 0.3) is 5.91 Å². The zero-order valence-electron chi connectivity index (χ0n) is 13.4. The zero-order valence-corrected chi connectivity index (χ0v) is 14.1. The molecule has 0 aliphatic carbocycles. The van der Waals surface area contributed by atoms with E-state index in [9.17, 15) is 9.59 Å². The molecule has 2 aromatic carbocycles. The lowest BCUT2D eigenvalue weighted by Gasteiger charge is -2.14. The summed E-state index contributed by atoms with van der Waals surface area (Å²) in [5, 5.41) is 11.9. The molecule has 25 heavy (non-hydrogen) atoms. The van der Waals surface area contributed by atoms with Crippen molar-refractivity contribution in [2.45, 2.75) is 13.0 Å². The standard InChI is InChI=1S/C18H15ClN2O4/c1-12(18(23)21-15-6-4-14(19)5-7-15)25-17(22)11-24-16-8-2-13(10-20)3-9-16/h2-9,12H,11H2,1H3,(H,21,23)/t12-/m0/s1. The van der Waals surface area contributed by atoms with E-state index >= 15 is 0 Å². The van der Waals surface area contributed by atoms with E-state index in [-0.39, 0.29) is 6.61 Å². The number of benzene rings is 2. The van der Waals surface area contributed by atoms with Crippen LogP contribution in [-0.4, -0.2) is 24.6 Å². The third-order valence-corrected chi connectivity index (χ3v) is 3.38. The van der Waals surface area contributed by atoms with Crippen molar-refractivity contribution in [2.75, 3.05) is 11.9 Å². The van der Waals surface area contributed by atoms with Crippen LogP contribution in [0.1, 0.15) is 12.5 Å². The first-order valence-corrected chi connectivity index (χ1v) is 7.74. The fraction of sp³-hybridized carbons (Fsp3) is 0.167. The molecular weight excluding hydrogens is 344 g/mol. The van der Waals surface area contributed by atoms with Crippen LogP contribution in [0.2, 0.25) is 5.02 Å². The maximum absolute atomic E-state index is 12.0. The van der Waals surface area contributed by atoms with Gasteiger partial charge in [-0.2, -0.15) is 5.26 Å². The van der Waals surface area contributed by atoms with Crippen molar-refractivity contribution in [2.24, 2.45) is 0 Å². The van der Waals surface area contributed by atoms with Crippen LogP contribution in [0.3, 0.4) is 0 Å². The van der Waals surface area contributed by atoms with Gasteiger partial charge in [0.15, 0.2) is 12.7 Å². The zero-order chi connectivity index (χ0) is 18.2. The minimum Gasteiger partial charge on any atom is -0.482 e. The van der Waals surface area contributed by atoms with Gasteiger partial charge in [-0.25, -0.2) is 4.79 Å². The van der Waals surface area contributed by atoms with Gasteiger partial charge in [-0.15, -0.1) is 0 Å². The molecule has 0 fully saturated rings. The molecule has 0 saturated carbocycles. The molecule has 7 heteroatoms. The summed E-state index contributed by atoms with van der Waals surface area (Å²) < 4.78 is 10.3. The van der Waals surface area contributed by atoms with Gasteiger partial charge in [0, 0.05) is 10.7 Å². The van der Waals surface area contributed by atoms with Crippen LogP contribution in [0.15, 0.2) is 48.5 Å². The fourth-order valence-corrected chi connectivity index (χ4v) is 1.96. The fourth-order valence-electron chi connectivity index (χ4n) is 1.83. The number of nitrogens with one attached hydrogen (secondary N) is 1. The molecule has 2 rings (SSSR count). The largest absolute Gasteiger partial charge is 0.482 e. The SMILES string of the molecule is C[C@H](OC(=O)COc1ccc(C#N)cc1)C(=O)Nc1ccc(Cl)cc1. The second-order valence-electron chi connectivity index (χ2n) is 5.05. The van der Waals surface area contributed by atoms with E-state index in [4.69, 9.17) is 26.3 Å². The average molecular weight is 359 g/mol. The molecule has 1 N–H and O–H groups in total. The van der Waals surface area contributed by atoms with Crippen LogP contribution in [0.4, 0.5) is 5.69 Å². The highest BCUT2D eigenvalue weighted by molar-refractivity contribution is 6.30. The van der Waals surface area contributed by atoms with Crippen molar-refractivity contribution < 1.29 is 19.1 Å². The summed E-state index contributed by atoms with van der Waals surface area (Å²) in [6.07, 6.45) is -0.979. The number of esters is 1. The molecule has 0 unspecified atom stereocenters. The first kappa shape index (κ1) is 18.3. The number of ether oxygens (including phenoxy) is 2. The van der Waals surface area contributed by atoms with Gasteiger partial charge in [0.1, 0.15) is 5.75 Å². The number of nitriles is 1.